The highest BCUT2D eigenvalue weighted by Gasteiger charge is 2.25. The average molecular weight is 1170 g/mol. The van der Waals surface area contributed by atoms with Crippen molar-refractivity contribution in [3.63, 3.8) is 0 Å². The van der Waals surface area contributed by atoms with Crippen LogP contribution in [0.3, 0.4) is 0 Å². The fraction of sp³-hybridized carbons (Fsp3) is 0.316. The number of nitrogens with one attached hydrogen (secondary N) is 3. The molecule has 27 heteroatoms. The molecule has 0 spiro atoms. The summed E-state index contributed by atoms with van der Waals surface area (Å²) in [6.45, 7) is 5.68. The lowest BCUT2D eigenvalue weighted by molar-refractivity contribution is 0.0637. The Morgan fingerprint density at radius 3 is 1.52 bits per heavy atom. The normalized spacial score (nSPS) is 10.8. The average Bonchev–Trinajstić information content (AvgIpc) is 3.60. The Kier molecular flexibility index (Phi) is 24.0. The molecule has 4 aromatic heterocycles. The second-order valence-corrected chi connectivity index (χ2v) is 19.4. The number of pyridine rings is 4. The number of nitrogens with zero attached hydrogens (tertiary/aromatic N) is 10. The number of amides is 4. The third kappa shape index (κ3) is 18.3. The van der Waals surface area contributed by atoms with E-state index in [9.17, 15) is 59.2 Å². The first-order valence-electron chi connectivity index (χ1n) is 26.8. The van der Waals surface area contributed by atoms with Crippen molar-refractivity contribution in [3.8, 4) is 0 Å². The first-order valence-corrected chi connectivity index (χ1v) is 27.2. The Labute approximate surface area is 486 Å². The standard InChI is InChI=1S/C57H65N13O13S/c1-40(42-23-27-44(28-24-42)62-63-58)12-2-5-38-83-39-31-60-57(84)61-43-25-21-41(22-26-43)29-37-66(56(78)48-16-9-20-52(74)70(48)82)36-11-35-65(55(77)47-15-8-19-51(73)69(47)81)33-4-3-32-64(54(76)46-14-7-18-50(72)68(46)80)34-10-30-59-53(75)45-13-6-17-49(71)67(45)79/h6-9,13-28,79-82H,1-5,10-12,29-39H2,(H,59,75)(H2,60,61,84). The highest BCUT2D eigenvalue weighted by Crippen LogP contribution is 2.22. The lowest BCUT2D eigenvalue weighted by Crippen LogP contribution is -2.41. The summed E-state index contributed by atoms with van der Waals surface area (Å²) in [6.07, 6.45) is 3.58. The lowest BCUT2D eigenvalue weighted by Gasteiger charge is -2.27. The van der Waals surface area contributed by atoms with Gasteiger partial charge in [-0.15, -0.1) is 18.9 Å². The summed E-state index contributed by atoms with van der Waals surface area (Å²) in [6, 6.07) is 29.2. The van der Waals surface area contributed by atoms with Crippen LogP contribution in [-0.2, 0) is 11.2 Å². The molecule has 2 aromatic carbocycles. The molecule has 0 bridgehead atoms. The summed E-state index contributed by atoms with van der Waals surface area (Å²) in [4.78, 5) is 111. The molecule has 4 heterocycles. The number of thiocarbonyl (C=S) groups is 1. The molecule has 84 heavy (non-hydrogen) atoms. The molecule has 0 saturated carbocycles. The number of ether oxygens (including phenoxy) is 1. The zero-order valence-electron chi connectivity index (χ0n) is 45.8. The molecule has 0 fully saturated rings. The number of hydrogen-bond donors (Lipinski definition) is 7. The Morgan fingerprint density at radius 1 is 0.548 bits per heavy atom. The molecule has 0 saturated heterocycles. The Morgan fingerprint density at radius 2 is 1.01 bits per heavy atom. The maximum absolute atomic E-state index is 14.1. The van der Waals surface area contributed by atoms with Gasteiger partial charge in [0.05, 0.1) is 6.61 Å². The zero-order chi connectivity index (χ0) is 60.5. The van der Waals surface area contributed by atoms with Crippen LogP contribution in [0.25, 0.3) is 16.0 Å². The van der Waals surface area contributed by atoms with E-state index in [2.05, 4.69) is 32.6 Å². The fourth-order valence-electron chi connectivity index (χ4n) is 8.67. The Balaban J connectivity index is 1.04. The van der Waals surface area contributed by atoms with Crippen molar-refractivity contribution >= 4 is 57.9 Å². The molecule has 6 aromatic rings. The largest absolute Gasteiger partial charge is 0.425 e. The summed E-state index contributed by atoms with van der Waals surface area (Å²) < 4.78 is 6.65. The van der Waals surface area contributed by atoms with Gasteiger partial charge < -0.3 is 56.2 Å². The number of benzene rings is 2. The number of unbranched alkanes of at least 4 members (excludes halogenated alkanes) is 2. The van der Waals surface area contributed by atoms with Gasteiger partial charge >= 0.3 is 0 Å². The number of anilines is 1. The number of allylic oxidation sites excluding steroid dienone is 1. The minimum absolute atomic E-state index is 0.00197. The maximum Gasteiger partial charge on any atom is 0.283 e. The zero-order valence-corrected chi connectivity index (χ0v) is 46.6. The van der Waals surface area contributed by atoms with Crippen molar-refractivity contribution in [1.82, 2.24) is 44.3 Å². The van der Waals surface area contributed by atoms with Gasteiger partial charge in [-0.3, -0.25) is 38.4 Å². The van der Waals surface area contributed by atoms with Crippen LogP contribution in [0.15, 0.2) is 152 Å². The first-order chi connectivity index (χ1) is 40.5. The van der Waals surface area contributed by atoms with Crippen molar-refractivity contribution in [2.75, 3.05) is 70.9 Å². The van der Waals surface area contributed by atoms with E-state index in [1.54, 1.807) is 12.1 Å². The summed E-state index contributed by atoms with van der Waals surface area (Å²) >= 11 is 5.49. The van der Waals surface area contributed by atoms with Gasteiger partial charge in [-0.1, -0.05) is 72.4 Å². The summed E-state index contributed by atoms with van der Waals surface area (Å²) in [5.41, 5.74) is 7.98. The molecule has 0 aliphatic rings. The van der Waals surface area contributed by atoms with E-state index in [0.29, 0.717) is 42.7 Å². The number of carbonyl (C=O) groups excluding carboxylic acids is 4. The van der Waals surface area contributed by atoms with Crippen molar-refractivity contribution < 1.29 is 44.7 Å². The van der Waals surface area contributed by atoms with Gasteiger partial charge in [0.1, 0.15) is 22.8 Å². The van der Waals surface area contributed by atoms with Crippen LogP contribution in [0, 0.1) is 0 Å². The van der Waals surface area contributed by atoms with E-state index in [1.807, 2.05) is 36.4 Å². The van der Waals surface area contributed by atoms with E-state index in [-0.39, 0.29) is 113 Å². The van der Waals surface area contributed by atoms with Crippen LogP contribution in [-0.4, -0.2) is 149 Å². The number of carbonyl (C=O) groups is 4. The van der Waals surface area contributed by atoms with Gasteiger partial charge in [-0.05, 0) is 122 Å². The number of hydrogen-bond acceptors (Lipinski definition) is 15. The molecule has 0 aliphatic carbocycles. The van der Waals surface area contributed by atoms with Crippen molar-refractivity contribution in [2.45, 2.75) is 51.4 Å². The highest BCUT2D eigenvalue weighted by molar-refractivity contribution is 7.80. The molecule has 26 nitrogen and oxygen atoms in total. The molecule has 442 valence electrons. The van der Waals surface area contributed by atoms with Gasteiger partial charge in [-0.25, -0.2) is 0 Å². The van der Waals surface area contributed by atoms with Gasteiger partial charge in [0.2, 0.25) is 0 Å². The van der Waals surface area contributed by atoms with Gasteiger partial charge in [-0.2, -0.15) is 0 Å². The monoisotopic (exact) mass is 1170 g/mol. The van der Waals surface area contributed by atoms with Crippen LogP contribution in [0.5, 0.6) is 0 Å². The van der Waals surface area contributed by atoms with Crippen LogP contribution in [0.2, 0.25) is 0 Å². The van der Waals surface area contributed by atoms with Crippen molar-refractivity contribution in [2.24, 2.45) is 5.11 Å². The molecule has 4 amide bonds. The molecule has 6 rings (SSSR count). The van der Waals surface area contributed by atoms with E-state index in [1.165, 1.54) is 63.2 Å². The second-order valence-electron chi connectivity index (χ2n) is 19.0. The topological polar surface area (TPSA) is 341 Å². The Bertz CT molecular complexity index is 3580. The highest BCUT2D eigenvalue weighted by atomic mass is 32.1. The number of aromatic nitrogens is 4. The summed E-state index contributed by atoms with van der Waals surface area (Å²) in [5, 5.41) is 54.4. The third-order valence-electron chi connectivity index (χ3n) is 13.2. The quantitative estimate of drug-likeness (QED) is 0.00718. The van der Waals surface area contributed by atoms with Crippen LogP contribution >= 0.6 is 12.2 Å². The summed E-state index contributed by atoms with van der Waals surface area (Å²) in [7, 11) is 0. The Hall–Kier alpha value is -9.98. The maximum atomic E-state index is 14.1. The molecule has 7 N–H and O–H groups in total. The second kappa shape index (κ2) is 31.9. The molecule has 0 unspecified atom stereocenters. The molecular weight excluding hydrogens is 1110 g/mol. The molecular formula is C57H65N13O13S. The first kappa shape index (κ1) is 63.2. The minimum atomic E-state index is -0.861. The number of azide groups is 1. The van der Waals surface area contributed by atoms with Gasteiger partial charge in [0.25, 0.3) is 45.9 Å². The SMILES string of the molecule is C=C(CCCCOCCNC(=S)Nc1ccc(CCN(CCCN(CCCCN(CCCNC(=O)c2cccc(=O)n2O)C(=O)c2cccc(=O)n2O)C(=O)c2cccc(=O)n2O)C(=O)c2cccc(=O)n2O)cc1)c1ccc(N=[N+]=[N-])cc1. The minimum Gasteiger partial charge on any atom is -0.425 e. The predicted octanol–water partition coefficient (Wildman–Crippen LogP) is 5.37. The van der Waals surface area contributed by atoms with Crippen molar-refractivity contribution in [1.29, 1.82) is 0 Å². The molecule has 0 aliphatic heterocycles. The fourth-order valence-corrected chi connectivity index (χ4v) is 8.89. The van der Waals surface area contributed by atoms with E-state index >= 15 is 0 Å². The van der Waals surface area contributed by atoms with Crippen LogP contribution in [0.1, 0.15) is 98.0 Å². The van der Waals surface area contributed by atoms with Gasteiger partial charge in [0.15, 0.2) is 5.11 Å². The predicted molar refractivity (Wildman–Crippen MR) is 313 cm³/mol. The molecule has 0 radical (unpaired) electrons. The summed E-state index contributed by atoms with van der Waals surface area (Å²) in [5.74, 6) is -2.90. The third-order valence-corrected chi connectivity index (χ3v) is 13.4. The number of rotatable bonds is 31. The van der Waals surface area contributed by atoms with Crippen LogP contribution in [0.4, 0.5) is 11.4 Å². The van der Waals surface area contributed by atoms with Crippen LogP contribution < -0.4 is 38.2 Å². The van der Waals surface area contributed by atoms with E-state index < -0.39 is 45.9 Å². The smallest absolute Gasteiger partial charge is 0.283 e. The lowest BCUT2D eigenvalue weighted by atomic mass is 10.0. The van der Waals surface area contributed by atoms with E-state index in [4.69, 9.17) is 22.5 Å². The van der Waals surface area contributed by atoms with Crippen molar-refractivity contribution in [3.05, 3.63) is 214 Å². The van der Waals surface area contributed by atoms with E-state index in [0.717, 1.165) is 60.2 Å². The van der Waals surface area contributed by atoms with Gasteiger partial charge in [0, 0.05) is 99.5 Å². The molecule has 0 atom stereocenters.